The summed E-state index contributed by atoms with van der Waals surface area (Å²) in [5.41, 5.74) is -2.98. The molecule has 17 heavy (non-hydrogen) atoms. The molecule has 1 aliphatic carbocycles. The first-order valence-corrected chi connectivity index (χ1v) is 6.44. The molecule has 8 heteroatoms. The molecule has 2 unspecified atom stereocenters. The Kier molecular flexibility index (Phi) is 4.45. The minimum atomic E-state index is -2.98. The summed E-state index contributed by atoms with van der Waals surface area (Å²) in [4.78, 5) is 0. The first kappa shape index (κ1) is 14.3. The molecule has 1 aliphatic rings. The average Bonchev–Trinajstić information content (AvgIpc) is 2.31. The molecule has 0 radical (unpaired) electrons. The lowest BCUT2D eigenvalue weighted by atomic mass is 9.95. The number of hydrogen-bond acceptors (Lipinski definition) is 2. The van der Waals surface area contributed by atoms with Crippen molar-refractivity contribution in [2.75, 3.05) is 14.2 Å². The zero-order chi connectivity index (χ0) is 13.2. The number of halogens is 5. The van der Waals surface area contributed by atoms with E-state index in [9.17, 15) is 22.0 Å². The SMILES string of the molecule is CO[SiH](CC1(F)C=C(F)C(F)=C(F)C1F)OC. The van der Waals surface area contributed by atoms with Gasteiger partial charge in [-0.2, -0.15) is 0 Å². The van der Waals surface area contributed by atoms with Crippen LogP contribution < -0.4 is 0 Å². The van der Waals surface area contributed by atoms with Crippen LogP contribution in [0.2, 0.25) is 6.04 Å². The lowest BCUT2D eigenvalue weighted by Gasteiger charge is -2.29. The molecule has 0 saturated heterocycles. The van der Waals surface area contributed by atoms with Crippen molar-refractivity contribution in [1.82, 2.24) is 0 Å². The van der Waals surface area contributed by atoms with E-state index in [0.717, 1.165) is 0 Å². The average molecular weight is 274 g/mol. The van der Waals surface area contributed by atoms with E-state index in [-0.39, 0.29) is 6.08 Å². The minimum absolute atomic E-state index is 0.0914. The van der Waals surface area contributed by atoms with E-state index in [1.54, 1.807) is 0 Å². The predicted octanol–water partition coefficient (Wildman–Crippen LogP) is 2.56. The maximum Gasteiger partial charge on any atom is 0.324 e. The third-order valence-electron chi connectivity index (χ3n) is 2.44. The normalized spacial score (nSPS) is 29.9. The molecule has 0 aromatic heterocycles. The lowest BCUT2D eigenvalue weighted by molar-refractivity contribution is 0.0983. The monoisotopic (exact) mass is 274 g/mol. The van der Waals surface area contributed by atoms with Gasteiger partial charge < -0.3 is 8.85 Å². The molecule has 98 valence electrons. The Hall–Kier alpha value is -0.733. The Bertz CT molecular complexity index is 355. The summed E-state index contributed by atoms with van der Waals surface area (Å²) in [6, 6.07) is -0.657. The number of alkyl halides is 2. The van der Waals surface area contributed by atoms with E-state index in [0.29, 0.717) is 0 Å². The Labute approximate surface area is 96.6 Å². The van der Waals surface area contributed by atoms with Crippen molar-refractivity contribution in [2.24, 2.45) is 0 Å². The van der Waals surface area contributed by atoms with Crippen LogP contribution >= 0.6 is 0 Å². The Morgan fingerprint density at radius 3 is 2.29 bits per heavy atom. The molecule has 1 rings (SSSR count). The van der Waals surface area contributed by atoms with E-state index in [2.05, 4.69) is 0 Å². The zero-order valence-electron chi connectivity index (χ0n) is 9.15. The van der Waals surface area contributed by atoms with Gasteiger partial charge in [-0.05, 0) is 6.08 Å². The highest BCUT2D eigenvalue weighted by Crippen LogP contribution is 2.41. The highest BCUT2D eigenvalue weighted by atomic mass is 28.3. The van der Waals surface area contributed by atoms with Crippen LogP contribution in [-0.4, -0.2) is 35.3 Å². The third-order valence-corrected chi connectivity index (χ3v) is 4.45. The van der Waals surface area contributed by atoms with Crippen molar-refractivity contribution in [3.05, 3.63) is 23.6 Å². The highest BCUT2D eigenvalue weighted by Gasteiger charge is 2.49. The van der Waals surface area contributed by atoms with Gasteiger partial charge in [-0.25, -0.2) is 22.0 Å². The van der Waals surface area contributed by atoms with Gasteiger partial charge >= 0.3 is 9.28 Å². The summed E-state index contributed by atoms with van der Waals surface area (Å²) in [5.74, 6) is -5.83. The van der Waals surface area contributed by atoms with Gasteiger partial charge in [-0.3, -0.25) is 0 Å². The first-order valence-electron chi connectivity index (χ1n) is 4.68. The Morgan fingerprint density at radius 1 is 1.29 bits per heavy atom. The molecule has 0 amide bonds. The molecule has 0 bridgehead atoms. The largest absolute Gasteiger partial charge is 0.400 e. The second-order valence-electron chi connectivity index (χ2n) is 3.55. The third kappa shape index (κ3) is 2.75. The van der Waals surface area contributed by atoms with Gasteiger partial charge in [0.05, 0.1) is 0 Å². The molecule has 0 aromatic rings. The lowest BCUT2D eigenvalue weighted by Crippen LogP contribution is -2.41. The highest BCUT2D eigenvalue weighted by molar-refractivity contribution is 6.44. The van der Waals surface area contributed by atoms with Gasteiger partial charge in [0.15, 0.2) is 29.3 Å². The molecular weight excluding hydrogens is 263 g/mol. The van der Waals surface area contributed by atoms with Gasteiger partial charge in [0.25, 0.3) is 0 Å². The van der Waals surface area contributed by atoms with Gasteiger partial charge in [0.1, 0.15) is 0 Å². The summed E-state index contributed by atoms with van der Waals surface area (Å²) in [5, 5.41) is 0. The first-order chi connectivity index (χ1) is 7.85. The van der Waals surface area contributed by atoms with Crippen LogP contribution in [0.1, 0.15) is 0 Å². The van der Waals surface area contributed by atoms with Crippen LogP contribution in [0, 0.1) is 0 Å². The van der Waals surface area contributed by atoms with E-state index in [1.807, 2.05) is 0 Å². The standard InChI is InChI=1S/C9H11F5O2Si/c1-15-17(16-2)4-9(14)3-5(10)6(11)7(12)8(9)13/h3,8,17H,4H2,1-2H3. The maximum absolute atomic E-state index is 14.0. The molecule has 0 saturated carbocycles. The molecule has 2 nitrogen and oxygen atoms in total. The summed E-state index contributed by atoms with van der Waals surface area (Å²) in [6.45, 7) is 0. The number of rotatable bonds is 4. The van der Waals surface area contributed by atoms with Crippen LogP contribution in [-0.2, 0) is 8.85 Å². The fraction of sp³-hybridized carbons (Fsp3) is 0.556. The quantitative estimate of drug-likeness (QED) is 0.579. The molecule has 2 atom stereocenters. The van der Waals surface area contributed by atoms with Gasteiger partial charge in [0.2, 0.25) is 0 Å². The second kappa shape index (κ2) is 5.28. The molecule has 0 N–H and O–H groups in total. The second-order valence-corrected chi connectivity index (χ2v) is 5.76. The molecule has 0 spiro atoms. The predicted molar refractivity (Wildman–Crippen MR) is 53.1 cm³/mol. The fourth-order valence-electron chi connectivity index (χ4n) is 1.46. The Balaban J connectivity index is 2.98. The maximum atomic E-state index is 14.0. The van der Waals surface area contributed by atoms with Crippen molar-refractivity contribution in [2.45, 2.75) is 17.9 Å². The topological polar surface area (TPSA) is 18.5 Å². The minimum Gasteiger partial charge on any atom is -0.400 e. The van der Waals surface area contributed by atoms with E-state index >= 15 is 0 Å². The summed E-state index contributed by atoms with van der Waals surface area (Å²) in [7, 11) is -0.154. The summed E-state index contributed by atoms with van der Waals surface area (Å²) >= 11 is 0. The summed E-state index contributed by atoms with van der Waals surface area (Å²) < 4.78 is 75.3. The molecule has 0 heterocycles. The van der Waals surface area contributed by atoms with Crippen LogP contribution in [0.4, 0.5) is 22.0 Å². The van der Waals surface area contributed by atoms with Crippen molar-refractivity contribution >= 4 is 9.28 Å². The Morgan fingerprint density at radius 2 is 1.82 bits per heavy atom. The van der Waals surface area contributed by atoms with Gasteiger partial charge in [0, 0.05) is 20.3 Å². The van der Waals surface area contributed by atoms with Crippen molar-refractivity contribution < 1.29 is 30.8 Å². The van der Waals surface area contributed by atoms with E-state index in [4.69, 9.17) is 8.85 Å². The number of allylic oxidation sites excluding steroid dienone is 4. The number of hydrogen-bond donors (Lipinski definition) is 0. The summed E-state index contributed by atoms with van der Waals surface area (Å²) in [6.07, 6.45) is -2.80. The molecule has 0 aliphatic heterocycles. The zero-order valence-corrected chi connectivity index (χ0v) is 10.3. The smallest absolute Gasteiger partial charge is 0.324 e. The van der Waals surface area contributed by atoms with Crippen LogP contribution in [0.25, 0.3) is 0 Å². The van der Waals surface area contributed by atoms with E-state index < -0.39 is 44.6 Å². The van der Waals surface area contributed by atoms with Gasteiger partial charge in [-0.15, -0.1) is 0 Å². The van der Waals surface area contributed by atoms with Crippen molar-refractivity contribution in [3.63, 3.8) is 0 Å². The molecule has 0 fully saturated rings. The van der Waals surface area contributed by atoms with E-state index in [1.165, 1.54) is 14.2 Å². The van der Waals surface area contributed by atoms with Crippen LogP contribution in [0.5, 0.6) is 0 Å². The molecule has 0 aromatic carbocycles. The molecular formula is C9H11F5O2Si. The van der Waals surface area contributed by atoms with Crippen LogP contribution in [0.15, 0.2) is 23.6 Å². The van der Waals surface area contributed by atoms with Crippen molar-refractivity contribution in [1.29, 1.82) is 0 Å². The van der Waals surface area contributed by atoms with Crippen LogP contribution in [0.3, 0.4) is 0 Å². The van der Waals surface area contributed by atoms with Crippen molar-refractivity contribution in [3.8, 4) is 0 Å². The fourth-order valence-corrected chi connectivity index (χ4v) is 2.83. The van der Waals surface area contributed by atoms with Gasteiger partial charge in [-0.1, -0.05) is 0 Å².